The molecule has 1 aliphatic rings. The molecule has 0 bridgehead atoms. The zero-order valence-corrected chi connectivity index (χ0v) is 9.14. The third kappa shape index (κ3) is 3.67. The average molecular weight is 232 g/mol. The molecule has 1 rings (SSSR count). The predicted octanol–water partition coefficient (Wildman–Crippen LogP) is -1.44. The monoisotopic (exact) mass is 232 g/mol. The van der Waals surface area contributed by atoms with Gasteiger partial charge in [-0.3, -0.25) is 0 Å². The molecule has 0 aliphatic carbocycles. The second kappa shape index (κ2) is 6.29. The summed E-state index contributed by atoms with van der Waals surface area (Å²) < 4.78 is 9.40. The Morgan fingerprint density at radius 1 is 1.50 bits per heavy atom. The number of morpholine rings is 1. The molecular weight excluding hydrogens is 216 g/mol. The topological polar surface area (TPSA) is 88.1 Å². The van der Waals surface area contributed by atoms with Gasteiger partial charge >= 0.3 is 12.0 Å². The summed E-state index contributed by atoms with van der Waals surface area (Å²) in [4.78, 5) is 23.9. The molecule has 1 atom stereocenters. The van der Waals surface area contributed by atoms with Crippen LogP contribution in [0.4, 0.5) is 4.79 Å². The van der Waals surface area contributed by atoms with E-state index in [-0.39, 0.29) is 12.6 Å². The van der Waals surface area contributed by atoms with Gasteiger partial charge in [-0.2, -0.15) is 0 Å². The maximum absolute atomic E-state index is 11.5. The fraction of sp³-hybridized carbons (Fsp3) is 0.778. The fourth-order valence-corrected chi connectivity index (χ4v) is 1.28. The number of nitrogens with one attached hydrogen (secondary N) is 1. The molecule has 7 heteroatoms. The Morgan fingerprint density at radius 2 is 2.12 bits per heavy atom. The number of methoxy groups -OCH3 is 1. The number of aliphatic hydroxyl groups is 1. The highest BCUT2D eigenvalue weighted by molar-refractivity contribution is 5.77. The number of hydrogen-bond donors (Lipinski definition) is 2. The first kappa shape index (κ1) is 12.7. The van der Waals surface area contributed by atoms with Gasteiger partial charge in [0.25, 0.3) is 0 Å². The van der Waals surface area contributed by atoms with Crippen molar-refractivity contribution in [1.29, 1.82) is 0 Å². The maximum Gasteiger partial charge on any atom is 0.336 e. The smallest absolute Gasteiger partial charge is 0.336 e. The molecule has 2 amide bonds. The van der Waals surface area contributed by atoms with E-state index < -0.39 is 12.1 Å². The summed E-state index contributed by atoms with van der Waals surface area (Å²) in [6.45, 7) is 1.89. The molecule has 0 spiro atoms. The van der Waals surface area contributed by atoms with Crippen molar-refractivity contribution in [3.63, 3.8) is 0 Å². The van der Waals surface area contributed by atoms with Crippen molar-refractivity contribution in [1.82, 2.24) is 10.2 Å². The first-order chi connectivity index (χ1) is 7.65. The van der Waals surface area contributed by atoms with Crippen LogP contribution in [0.5, 0.6) is 0 Å². The van der Waals surface area contributed by atoms with E-state index >= 15 is 0 Å². The molecule has 1 heterocycles. The Bertz CT molecular complexity index is 252. The van der Waals surface area contributed by atoms with Crippen LogP contribution in [-0.2, 0) is 14.3 Å². The molecule has 1 saturated heterocycles. The fourth-order valence-electron chi connectivity index (χ4n) is 1.28. The van der Waals surface area contributed by atoms with Gasteiger partial charge in [0.15, 0.2) is 6.10 Å². The Hall–Kier alpha value is -1.34. The van der Waals surface area contributed by atoms with Crippen molar-refractivity contribution in [2.45, 2.75) is 6.10 Å². The molecule has 0 aromatic carbocycles. The van der Waals surface area contributed by atoms with Gasteiger partial charge in [-0.05, 0) is 0 Å². The molecule has 1 unspecified atom stereocenters. The second-order valence-electron chi connectivity index (χ2n) is 3.32. The minimum atomic E-state index is -1.32. The summed E-state index contributed by atoms with van der Waals surface area (Å²) in [5.74, 6) is -0.762. The Kier molecular flexibility index (Phi) is 5.00. The number of hydrogen-bond acceptors (Lipinski definition) is 5. The molecule has 0 saturated carbocycles. The van der Waals surface area contributed by atoms with Crippen LogP contribution in [0.15, 0.2) is 0 Å². The van der Waals surface area contributed by atoms with E-state index in [1.54, 1.807) is 4.90 Å². The Morgan fingerprint density at radius 3 is 2.69 bits per heavy atom. The van der Waals surface area contributed by atoms with Crippen LogP contribution < -0.4 is 5.32 Å². The van der Waals surface area contributed by atoms with E-state index in [1.165, 1.54) is 7.11 Å². The number of rotatable bonds is 3. The van der Waals surface area contributed by atoms with Gasteiger partial charge in [0.1, 0.15) is 0 Å². The molecule has 1 aliphatic heterocycles. The highest BCUT2D eigenvalue weighted by atomic mass is 16.5. The number of nitrogens with zero attached hydrogens (tertiary/aromatic N) is 1. The zero-order valence-electron chi connectivity index (χ0n) is 9.14. The number of carbonyl (C=O) groups excluding carboxylic acids is 2. The lowest BCUT2D eigenvalue weighted by Crippen LogP contribution is -2.48. The standard InChI is InChI=1S/C9H16N2O5/c1-15-8(13)7(12)6-10-9(14)11-2-4-16-5-3-11/h7,12H,2-6H2,1H3,(H,10,14). The van der Waals surface area contributed by atoms with Gasteiger partial charge in [0, 0.05) is 13.1 Å². The van der Waals surface area contributed by atoms with Crippen LogP contribution in [0, 0.1) is 0 Å². The molecule has 0 radical (unpaired) electrons. The van der Waals surface area contributed by atoms with Crippen LogP contribution in [-0.4, -0.2) is 68.1 Å². The number of esters is 1. The summed E-state index contributed by atoms with van der Waals surface area (Å²) in [5.41, 5.74) is 0. The second-order valence-corrected chi connectivity index (χ2v) is 3.32. The van der Waals surface area contributed by atoms with Gasteiger partial charge in [0.2, 0.25) is 0 Å². The van der Waals surface area contributed by atoms with Crippen molar-refractivity contribution in [3.8, 4) is 0 Å². The Balaban J connectivity index is 2.26. The molecular formula is C9H16N2O5. The molecule has 0 aromatic rings. The van der Waals surface area contributed by atoms with E-state index in [4.69, 9.17) is 4.74 Å². The van der Waals surface area contributed by atoms with Gasteiger partial charge in [0.05, 0.1) is 26.9 Å². The predicted molar refractivity (Wildman–Crippen MR) is 53.8 cm³/mol. The first-order valence-electron chi connectivity index (χ1n) is 5.01. The Labute approximate surface area is 93.3 Å². The highest BCUT2D eigenvalue weighted by Gasteiger charge is 2.20. The molecule has 16 heavy (non-hydrogen) atoms. The quantitative estimate of drug-likeness (QED) is 0.582. The summed E-state index contributed by atoms with van der Waals surface area (Å²) in [7, 11) is 1.18. The lowest BCUT2D eigenvalue weighted by Gasteiger charge is -2.27. The normalized spacial score (nSPS) is 17.8. The number of carbonyl (C=O) groups is 2. The van der Waals surface area contributed by atoms with Crippen LogP contribution in [0.3, 0.4) is 0 Å². The third-order valence-electron chi connectivity index (χ3n) is 2.22. The van der Waals surface area contributed by atoms with E-state index in [0.717, 1.165) is 0 Å². The highest BCUT2D eigenvalue weighted by Crippen LogP contribution is 1.97. The molecule has 92 valence electrons. The number of ether oxygens (including phenoxy) is 2. The van der Waals surface area contributed by atoms with Crippen molar-refractivity contribution in [3.05, 3.63) is 0 Å². The maximum atomic E-state index is 11.5. The minimum absolute atomic E-state index is 0.150. The summed E-state index contributed by atoms with van der Waals surface area (Å²) >= 11 is 0. The number of urea groups is 1. The van der Waals surface area contributed by atoms with E-state index in [0.29, 0.717) is 26.3 Å². The van der Waals surface area contributed by atoms with Gasteiger partial charge < -0.3 is 24.8 Å². The summed E-state index contributed by atoms with van der Waals surface area (Å²) in [6, 6.07) is -0.314. The van der Waals surface area contributed by atoms with Gasteiger partial charge in [-0.1, -0.05) is 0 Å². The summed E-state index contributed by atoms with van der Waals surface area (Å²) in [5, 5.41) is 11.7. The van der Waals surface area contributed by atoms with Crippen molar-refractivity contribution < 1.29 is 24.2 Å². The van der Waals surface area contributed by atoms with Gasteiger partial charge in [-0.25, -0.2) is 9.59 Å². The van der Waals surface area contributed by atoms with E-state index in [2.05, 4.69) is 10.1 Å². The lowest BCUT2D eigenvalue weighted by molar-refractivity contribution is -0.149. The third-order valence-corrected chi connectivity index (χ3v) is 2.22. The van der Waals surface area contributed by atoms with Crippen molar-refractivity contribution in [2.24, 2.45) is 0 Å². The largest absolute Gasteiger partial charge is 0.467 e. The molecule has 0 aromatic heterocycles. The SMILES string of the molecule is COC(=O)C(O)CNC(=O)N1CCOCC1. The van der Waals surface area contributed by atoms with Crippen LogP contribution >= 0.6 is 0 Å². The van der Waals surface area contributed by atoms with Crippen molar-refractivity contribution >= 4 is 12.0 Å². The average Bonchev–Trinajstić information content (AvgIpc) is 2.35. The molecule has 2 N–H and O–H groups in total. The van der Waals surface area contributed by atoms with Crippen LogP contribution in [0.25, 0.3) is 0 Å². The first-order valence-corrected chi connectivity index (χ1v) is 5.01. The van der Waals surface area contributed by atoms with Gasteiger partial charge in [-0.15, -0.1) is 0 Å². The number of aliphatic hydroxyl groups excluding tert-OH is 1. The van der Waals surface area contributed by atoms with Crippen LogP contribution in [0.1, 0.15) is 0 Å². The molecule has 7 nitrogen and oxygen atoms in total. The summed E-state index contributed by atoms with van der Waals surface area (Å²) in [6.07, 6.45) is -1.32. The van der Waals surface area contributed by atoms with Crippen LogP contribution in [0.2, 0.25) is 0 Å². The lowest BCUT2D eigenvalue weighted by atomic mass is 10.3. The molecule has 1 fully saturated rings. The van der Waals surface area contributed by atoms with E-state index in [1.807, 2.05) is 0 Å². The zero-order chi connectivity index (χ0) is 12.0. The van der Waals surface area contributed by atoms with Crippen molar-refractivity contribution in [2.75, 3.05) is 40.0 Å². The number of amides is 2. The van der Waals surface area contributed by atoms with E-state index in [9.17, 15) is 14.7 Å². The minimum Gasteiger partial charge on any atom is -0.467 e.